The summed E-state index contributed by atoms with van der Waals surface area (Å²) in [6, 6.07) is 6.62. The third-order valence-corrected chi connectivity index (χ3v) is 7.31. The van der Waals surface area contributed by atoms with Crippen molar-refractivity contribution in [2.45, 2.75) is 56.2 Å². The van der Waals surface area contributed by atoms with E-state index in [1.54, 1.807) is 6.26 Å². The minimum Gasteiger partial charge on any atom is -0.504 e. The molecule has 4 nitrogen and oxygen atoms in total. The van der Waals surface area contributed by atoms with E-state index in [4.69, 9.17) is 9.15 Å². The molecule has 2 aliphatic heterocycles. The molecule has 3 heterocycles. The molecule has 2 unspecified atom stereocenters. The van der Waals surface area contributed by atoms with E-state index in [1.807, 2.05) is 12.3 Å². The van der Waals surface area contributed by atoms with E-state index in [9.17, 15) is 5.11 Å². The van der Waals surface area contributed by atoms with Gasteiger partial charge < -0.3 is 14.3 Å². The number of benzene rings is 1. The lowest BCUT2D eigenvalue weighted by molar-refractivity contribution is -0.0547. The van der Waals surface area contributed by atoms with Crippen LogP contribution in [0.4, 0.5) is 0 Å². The van der Waals surface area contributed by atoms with E-state index >= 15 is 0 Å². The maximum atomic E-state index is 10.4. The van der Waals surface area contributed by atoms with Crippen LogP contribution in [0.25, 0.3) is 0 Å². The molecule has 25 heavy (non-hydrogen) atoms. The number of aromatic hydroxyl groups is 1. The first-order chi connectivity index (χ1) is 12.3. The molecule has 0 amide bonds. The smallest absolute Gasteiger partial charge is 0.165 e. The van der Waals surface area contributed by atoms with Crippen LogP contribution in [0.5, 0.6) is 11.5 Å². The number of hydrogen-bond donors (Lipinski definition) is 1. The second-order valence-electron chi connectivity index (χ2n) is 8.26. The van der Waals surface area contributed by atoms with Gasteiger partial charge in [0.05, 0.1) is 12.5 Å². The van der Waals surface area contributed by atoms with Crippen molar-refractivity contribution in [3.8, 4) is 11.5 Å². The van der Waals surface area contributed by atoms with Crippen LogP contribution in [0.3, 0.4) is 0 Å². The lowest BCUT2D eigenvalue weighted by Crippen LogP contribution is -2.63. The van der Waals surface area contributed by atoms with Gasteiger partial charge in [0.1, 0.15) is 6.10 Å². The number of phenolic OH excluding ortho intramolecular Hbond substituents is 1. The van der Waals surface area contributed by atoms with E-state index in [0.29, 0.717) is 17.7 Å². The Labute approximate surface area is 147 Å². The molecule has 130 valence electrons. The Morgan fingerprint density at radius 2 is 2.20 bits per heavy atom. The lowest BCUT2D eigenvalue weighted by atomic mass is 9.52. The van der Waals surface area contributed by atoms with Crippen molar-refractivity contribution in [2.75, 3.05) is 6.54 Å². The third kappa shape index (κ3) is 1.71. The van der Waals surface area contributed by atoms with Gasteiger partial charge in [-0.25, -0.2) is 0 Å². The molecule has 1 saturated carbocycles. The van der Waals surface area contributed by atoms with Crippen LogP contribution in [0.1, 0.15) is 42.4 Å². The molecule has 1 spiro atoms. The van der Waals surface area contributed by atoms with E-state index in [1.165, 1.54) is 29.5 Å². The molecule has 1 aromatic heterocycles. The van der Waals surface area contributed by atoms with Crippen LogP contribution in [0.2, 0.25) is 0 Å². The number of hydrogen-bond acceptors (Lipinski definition) is 4. The number of furan rings is 1. The van der Waals surface area contributed by atoms with Gasteiger partial charge in [-0.1, -0.05) is 6.07 Å². The molecule has 1 N–H and O–H groups in total. The Hall–Kier alpha value is -1.94. The zero-order valence-corrected chi connectivity index (χ0v) is 14.3. The fourth-order valence-electron chi connectivity index (χ4n) is 6.41. The first kappa shape index (κ1) is 14.3. The summed E-state index contributed by atoms with van der Waals surface area (Å²) in [5, 5.41) is 10.4. The van der Waals surface area contributed by atoms with Crippen LogP contribution in [0, 0.1) is 5.92 Å². The summed E-state index contributed by atoms with van der Waals surface area (Å²) in [4.78, 5) is 2.66. The quantitative estimate of drug-likeness (QED) is 0.909. The van der Waals surface area contributed by atoms with Crippen LogP contribution in [-0.4, -0.2) is 28.7 Å². The number of piperidine rings is 1. The summed E-state index contributed by atoms with van der Waals surface area (Å²) >= 11 is 0. The highest BCUT2D eigenvalue weighted by Gasteiger charge is 2.63. The molecule has 2 fully saturated rings. The van der Waals surface area contributed by atoms with Crippen LogP contribution < -0.4 is 4.74 Å². The monoisotopic (exact) mass is 337 g/mol. The lowest BCUT2D eigenvalue weighted by Gasteiger charge is -2.58. The van der Waals surface area contributed by atoms with Crippen LogP contribution in [-0.2, 0) is 18.4 Å². The van der Waals surface area contributed by atoms with Crippen molar-refractivity contribution >= 4 is 0 Å². The molecule has 2 bridgehead atoms. The molecule has 0 radical (unpaired) electrons. The number of nitrogens with zero attached hydrogens (tertiary/aromatic N) is 1. The van der Waals surface area contributed by atoms with E-state index in [0.717, 1.165) is 38.1 Å². The first-order valence-corrected chi connectivity index (χ1v) is 9.54. The predicted octanol–water partition coefficient (Wildman–Crippen LogP) is 3.61. The van der Waals surface area contributed by atoms with Crippen molar-refractivity contribution in [3.63, 3.8) is 0 Å². The molecular formula is C21H23NO3. The highest BCUT2D eigenvalue weighted by atomic mass is 16.5. The van der Waals surface area contributed by atoms with E-state index in [2.05, 4.69) is 17.0 Å². The molecule has 2 aliphatic carbocycles. The Morgan fingerprint density at radius 3 is 3.08 bits per heavy atom. The number of ether oxygens (including phenoxy) is 1. The Kier molecular flexibility index (Phi) is 2.75. The Balaban J connectivity index is 1.48. The van der Waals surface area contributed by atoms with Crippen molar-refractivity contribution in [2.24, 2.45) is 5.92 Å². The maximum absolute atomic E-state index is 10.4. The zero-order chi connectivity index (χ0) is 16.6. The number of phenols is 1. The van der Waals surface area contributed by atoms with Gasteiger partial charge in [-0.15, -0.1) is 0 Å². The topological polar surface area (TPSA) is 45.8 Å². The maximum Gasteiger partial charge on any atom is 0.165 e. The average molecular weight is 337 g/mol. The van der Waals surface area contributed by atoms with Crippen molar-refractivity contribution in [1.82, 2.24) is 4.90 Å². The summed E-state index contributed by atoms with van der Waals surface area (Å²) in [6.45, 7) is 2.07. The van der Waals surface area contributed by atoms with Gasteiger partial charge in [-0.2, -0.15) is 0 Å². The van der Waals surface area contributed by atoms with Crippen molar-refractivity contribution < 1.29 is 14.3 Å². The standard InChI is InChI=1S/C21H23NO3/c23-17-5-4-14-10-16-15-2-1-3-18-21(15,19(14)20(17)25-18)7-8-22(16)11-13-6-9-24-12-13/h4-6,9,12,15-16,18,23H,1-3,7-8,10-11H2/t15?,16-,18?,21-/m0/s1. The van der Waals surface area contributed by atoms with Crippen molar-refractivity contribution in [3.05, 3.63) is 47.4 Å². The van der Waals surface area contributed by atoms with E-state index < -0.39 is 0 Å². The summed E-state index contributed by atoms with van der Waals surface area (Å²) in [7, 11) is 0. The summed E-state index contributed by atoms with van der Waals surface area (Å²) < 4.78 is 11.7. The fourth-order valence-corrected chi connectivity index (χ4v) is 6.41. The van der Waals surface area contributed by atoms with Gasteiger partial charge in [-0.3, -0.25) is 4.90 Å². The average Bonchev–Trinajstić information content (AvgIpc) is 3.24. The normalized spacial score (nSPS) is 35.3. The minimum absolute atomic E-state index is 0.136. The zero-order valence-electron chi connectivity index (χ0n) is 14.3. The van der Waals surface area contributed by atoms with Gasteiger partial charge in [0.25, 0.3) is 0 Å². The predicted molar refractivity (Wildman–Crippen MR) is 92.8 cm³/mol. The van der Waals surface area contributed by atoms with Crippen LogP contribution >= 0.6 is 0 Å². The second kappa shape index (κ2) is 4.82. The Morgan fingerprint density at radius 1 is 1.24 bits per heavy atom. The van der Waals surface area contributed by atoms with Gasteiger partial charge in [-0.05, 0) is 62.3 Å². The van der Waals surface area contributed by atoms with Crippen molar-refractivity contribution in [1.29, 1.82) is 0 Å². The largest absolute Gasteiger partial charge is 0.504 e. The SMILES string of the molecule is Oc1ccc2c3c1OC1CCCC4[C@H](C2)N(Cc2ccoc2)CC[C@@]314. The molecule has 4 heteroatoms. The van der Waals surface area contributed by atoms with Gasteiger partial charge in [0, 0.05) is 29.1 Å². The van der Waals surface area contributed by atoms with Gasteiger partial charge in [0.2, 0.25) is 0 Å². The van der Waals surface area contributed by atoms with Gasteiger partial charge in [0.15, 0.2) is 11.5 Å². The molecular weight excluding hydrogens is 314 g/mol. The third-order valence-electron chi connectivity index (χ3n) is 7.31. The first-order valence-electron chi connectivity index (χ1n) is 9.54. The summed E-state index contributed by atoms with van der Waals surface area (Å²) in [5.74, 6) is 1.78. The molecule has 2 aromatic rings. The fraction of sp³-hybridized carbons (Fsp3) is 0.524. The number of likely N-dealkylation sites (tertiary alicyclic amines) is 1. The molecule has 1 aromatic carbocycles. The number of rotatable bonds is 2. The summed E-state index contributed by atoms with van der Waals surface area (Å²) in [6.07, 6.45) is 9.75. The second-order valence-corrected chi connectivity index (χ2v) is 8.26. The minimum atomic E-state index is 0.136. The highest BCUT2D eigenvalue weighted by Crippen LogP contribution is 2.63. The Bertz CT molecular complexity index is 830. The summed E-state index contributed by atoms with van der Waals surface area (Å²) in [5.41, 5.74) is 4.16. The molecule has 4 aliphatic rings. The highest BCUT2D eigenvalue weighted by molar-refractivity contribution is 5.60. The van der Waals surface area contributed by atoms with Gasteiger partial charge >= 0.3 is 0 Å². The van der Waals surface area contributed by atoms with Crippen LogP contribution in [0.15, 0.2) is 35.1 Å². The molecule has 1 saturated heterocycles. The molecule has 4 atom stereocenters. The van der Waals surface area contributed by atoms with E-state index in [-0.39, 0.29) is 11.5 Å². The molecule has 6 rings (SSSR count).